The molecule has 156 valence electrons. The Bertz CT molecular complexity index is 828. The van der Waals surface area contributed by atoms with Crippen molar-refractivity contribution in [3.8, 4) is 0 Å². The molecule has 9 heteroatoms. The maximum Gasteiger partial charge on any atom is 0.248 e. The zero-order chi connectivity index (χ0) is 20.8. The summed E-state index contributed by atoms with van der Waals surface area (Å²) in [5.74, 6) is 0.132. The molecule has 1 saturated heterocycles. The van der Waals surface area contributed by atoms with Crippen molar-refractivity contribution in [2.45, 2.75) is 32.2 Å². The molecule has 1 aromatic carbocycles. The predicted molar refractivity (Wildman–Crippen MR) is 118 cm³/mol. The van der Waals surface area contributed by atoms with E-state index >= 15 is 0 Å². The maximum atomic E-state index is 11.6. The van der Waals surface area contributed by atoms with Gasteiger partial charge in [0, 0.05) is 24.8 Å². The van der Waals surface area contributed by atoms with E-state index in [-0.39, 0.29) is 12.0 Å². The molecule has 0 bridgehead atoms. The third kappa shape index (κ3) is 5.48. The van der Waals surface area contributed by atoms with E-state index in [4.69, 9.17) is 22.1 Å². The molecule has 1 heterocycles. The second kappa shape index (κ2) is 9.76. The molecule has 0 unspecified atom stereocenters. The number of guanidine groups is 1. The normalized spacial score (nSPS) is 18.6. The number of anilines is 2. The lowest BCUT2D eigenvalue weighted by Crippen LogP contribution is -2.36. The number of hydrogen-bond acceptors (Lipinski definition) is 5. The molecule has 1 aromatic rings. The molecule has 3 rings (SSSR count). The van der Waals surface area contributed by atoms with Gasteiger partial charge >= 0.3 is 0 Å². The Labute approximate surface area is 175 Å². The Morgan fingerprint density at radius 1 is 1.34 bits per heavy atom. The molecule has 2 fully saturated rings. The molecule has 1 aliphatic heterocycles. The number of nitrogens with two attached hydrogens (primary N) is 1. The van der Waals surface area contributed by atoms with Crippen molar-refractivity contribution >= 4 is 41.6 Å². The topological polar surface area (TPSA) is 104 Å². The van der Waals surface area contributed by atoms with Crippen molar-refractivity contribution in [1.29, 1.82) is 0 Å². The number of nitrogens with one attached hydrogen (secondary N) is 2. The molecule has 0 atom stereocenters. The molecule has 8 nitrogen and oxygen atoms in total. The fraction of sp³-hybridized carbons (Fsp3) is 0.450. The molecule has 1 aliphatic carbocycles. The number of hydrogen-bond donors (Lipinski definition) is 3. The lowest BCUT2D eigenvalue weighted by molar-refractivity contribution is -0.114. The minimum atomic E-state index is -0.531. The number of ether oxygens (including phenoxy) is 1. The molecule has 29 heavy (non-hydrogen) atoms. The summed E-state index contributed by atoms with van der Waals surface area (Å²) < 4.78 is 5.39. The number of aliphatic imine (C=N–C) groups is 2. The van der Waals surface area contributed by atoms with Gasteiger partial charge in [-0.15, -0.1) is 0 Å². The Kier molecular flexibility index (Phi) is 7.11. The van der Waals surface area contributed by atoms with Crippen LogP contribution in [0.25, 0.3) is 0 Å². The summed E-state index contributed by atoms with van der Waals surface area (Å²) in [6, 6.07) is 5.96. The summed E-state index contributed by atoms with van der Waals surface area (Å²) in [5, 5.41) is 6.99. The van der Waals surface area contributed by atoms with E-state index in [9.17, 15) is 4.79 Å². The summed E-state index contributed by atoms with van der Waals surface area (Å²) in [6.45, 7) is 8.21. The van der Waals surface area contributed by atoms with Gasteiger partial charge in [-0.1, -0.05) is 11.6 Å². The van der Waals surface area contributed by atoms with Gasteiger partial charge in [0.1, 0.15) is 5.82 Å². The van der Waals surface area contributed by atoms with Crippen LogP contribution in [0.2, 0.25) is 5.02 Å². The van der Waals surface area contributed by atoms with Gasteiger partial charge in [0.15, 0.2) is 0 Å². The Hall–Kier alpha value is -2.58. The summed E-state index contributed by atoms with van der Waals surface area (Å²) in [7, 11) is 0. The Balaban J connectivity index is 1.78. The van der Waals surface area contributed by atoms with Crippen molar-refractivity contribution in [2.75, 3.05) is 36.5 Å². The monoisotopic (exact) mass is 418 g/mol. The second-order valence-corrected chi connectivity index (χ2v) is 7.50. The summed E-state index contributed by atoms with van der Waals surface area (Å²) in [5.41, 5.74) is 7.47. The number of rotatable bonds is 6. The highest BCUT2D eigenvalue weighted by atomic mass is 35.5. The number of morpholine rings is 1. The van der Waals surface area contributed by atoms with Gasteiger partial charge in [-0.2, -0.15) is 4.99 Å². The number of benzene rings is 1. The number of carbonyl (C=O) groups excluding carboxylic acids is 1. The predicted octanol–water partition coefficient (Wildman–Crippen LogP) is 2.50. The first-order chi connectivity index (χ1) is 14.0. The van der Waals surface area contributed by atoms with Crippen molar-refractivity contribution < 1.29 is 9.53 Å². The van der Waals surface area contributed by atoms with Crippen LogP contribution in [-0.4, -0.2) is 50.9 Å². The average molecular weight is 419 g/mol. The third-order valence-corrected chi connectivity index (χ3v) is 5.40. The van der Waals surface area contributed by atoms with Crippen LogP contribution in [0.15, 0.2) is 39.6 Å². The van der Waals surface area contributed by atoms with Crippen LogP contribution >= 0.6 is 11.6 Å². The van der Waals surface area contributed by atoms with E-state index < -0.39 is 5.91 Å². The van der Waals surface area contributed by atoms with Crippen LogP contribution < -0.4 is 21.3 Å². The van der Waals surface area contributed by atoms with E-state index in [0.29, 0.717) is 29.6 Å². The first-order valence-electron chi connectivity index (χ1n) is 9.70. The van der Waals surface area contributed by atoms with Gasteiger partial charge in [-0.25, -0.2) is 4.99 Å². The molecule has 1 amide bonds. The number of carbonyl (C=O) groups is 1. The molecule has 1 saturated carbocycles. The standard InChI is InChI=1S/C20H27ClN6O2/c1-13(18(22)28)19(24-14-4-3-5-14)26-20(23-2)25-15-6-7-17(16(21)12-15)27-8-10-29-11-9-27/h6-7,12,14,24H,2-5,8-11H2,1H3,(H2,22,28)(H,25,26)/b19-13+. The van der Waals surface area contributed by atoms with Crippen LogP contribution in [0.3, 0.4) is 0 Å². The van der Waals surface area contributed by atoms with Crippen LogP contribution in [-0.2, 0) is 9.53 Å². The SMILES string of the molecule is C=N/C(=N\C(NC1CCC1)=C(/C)C(N)=O)Nc1ccc(N2CCOCC2)c(Cl)c1. The minimum absolute atomic E-state index is 0.252. The Morgan fingerprint density at radius 3 is 2.62 bits per heavy atom. The highest BCUT2D eigenvalue weighted by molar-refractivity contribution is 6.33. The highest BCUT2D eigenvalue weighted by Crippen LogP contribution is 2.29. The number of primary amides is 1. The molecule has 4 N–H and O–H groups in total. The minimum Gasteiger partial charge on any atom is -0.378 e. The molecule has 2 aliphatic rings. The number of amides is 1. The summed E-state index contributed by atoms with van der Waals surface area (Å²) >= 11 is 6.49. The van der Waals surface area contributed by atoms with Crippen molar-refractivity contribution in [2.24, 2.45) is 15.7 Å². The van der Waals surface area contributed by atoms with Crippen LogP contribution in [0, 0.1) is 0 Å². The molecular weight excluding hydrogens is 392 g/mol. The van der Waals surface area contributed by atoms with Gasteiger partial charge < -0.3 is 26.0 Å². The second-order valence-electron chi connectivity index (χ2n) is 7.09. The van der Waals surface area contributed by atoms with Gasteiger partial charge in [-0.3, -0.25) is 4.79 Å². The van der Waals surface area contributed by atoms with Crippen LogP contribution in [0.4, 0.5) is 11.4 Å². The van der Waals surface area contributed by atoms with E-state index in [1.165, 1.54) is 0 Å². The quantitative estimate of drug-likeness (QED) is 0.374. The largest absolute Gasteiger partial charge is 0.378 e. The van der Waals surface area contributed by atoms with Crippen LogP contribution in [0.1, 0.15) is 26.2 Å². The van der Waals surface area contributed by atoms with E-state index in [2.05, 4.69) is 32.2 Å². The first-order valence-corrected chi connectivity index (χ1v) is 10.1. The van der Waals surface area contributed by atoms with Crippen molar-refractivity contribution in [3.05, 3.63) is 34.6 Å². The van der Waals surface area contributed by atoms with Gasteiger partial charge in [-0.05, 0) is 51.1 Å². The van der Waals surface area contributed by atoms with E-state index in [1.807, 2.05) is 18.2 Å². The zero-order valence-corrected chi connectivity index (χ0v) is 17.3. The number of halogens is 1. The molecule has 0 spiro atoms. The van der Waals surface area contributed by atoms with E-state index in [1.54, 1.807) is 6.92 Å². The lowest BCUT2D eigenvalue weighted by atomic mass is 9.93. The van der Waals surface area contributed by atoms with Gasteiger partial charge in [0.05, 0.1) is 29.5 Å². The zero-order valence-electron chi connectivity index (χ0n) is 16.6. The van der Waals surface area contributed by atoms with Gasteiger partial charge in [0.25, 0.3) is 0 Å². The smallest absolute Gasteiger partial charge is 0.248 e. The fourth-order valence-electron chi connectivity index (χ4n) is 3.07. The van der Waals surface area contributed by atoms with Crippen molar-refractivity contribution in [3.63, 3.8) is 0 Å². The fourth-order valence-corrected chi connectivity index (χ4v) is 3.37. The summed E-state index contributed by atoms with van der Waals surface area (Å²) in [4.78, 5) is 22.2. The van der Waals surface area contributed by atoms with Crippen molar-refractivity contribution in [1.82, 2.24) is 5.32 Å². The first kappa shape index (κ1) is 21.1. The van der Waals surface area contributed by atoms with E-state index in [0.717, 1.165) is 43.7 Å². The molecule has 0 radical (unpaired) electrons. The number of nitrogens with zero attached hydrogens (tertiary/aromatic N) is 3. The average Bonchev–Trinajstić information content (AvgIpc) is 2.69. The molecule has 0 aromatic heterocycles. The Morgan fingerprint density at radius 2 is 2.07 bits per heavy atom. The maximum absolute atomic E-state index is 11.6. The summed E-state index contributed by atoms with van der Waals surface area (Å²) in [6.07, 6.45) is 3.23. The van der Waals surface area contributed by atoms with Crippen LogP contribution in [0.5, 0.6) is 0 Å². The molecular formula is C20H27ClN6O2. The highest BCUT2D eigenvalue weighted by Gasteiger charge is 2.20. The lowest BCUT2D eigenvalue weighted by Gasteiger charge is -2.29. The third-order valence-electron chi connectivity index (χ3n) is 5.09. The van der Waals surface area contributed by atoms with Gasteiger partial charge in [0.2, 0.25) is 11.9 Å².